The summed E-state index contributed by atoms with van der Waals surface area (Å²) in [5.41, 5.74) is 0.991. The molecule has 2 N–H and O–H groups in total. The molecule has 1 aromatic carbocycles. The minimum Gasteiger partial charge on any atom is -0.325 e. The minimum absolute atomic E-state index is 0.114. The smallest absolute Gasteiger partial charge is 0.228 e. The zero-order valence-corrected chi connectivity index (χ0v) is 13.3. The quantitative estimate of drug-likeness (QED) is 0.892. The first kappa shape index (κ1) is 14.9. The van der Waals surface area contributed by atoms with Crippen molar-refractivity contribution in [2.45, 2.75) is 48.7 Å². The summed E-state index contributed by atoms with van der Waals surface area (Å²) in [4.78, 5) is 13.6. The van der Waals surface area contributed by atoms with E-state index in [0.717, 1.165) is 36.9 Å². The predicted octanol–water partition coefficient (Wildman–Crippen LogP) is 3.66. The van der Waals surface area contributed by atoms with Crippen LogP contribution >= 0.6 is 11.8 Å². The summed E-state index contributed by atoms with van der Waals surface area (Å²) >= 11 is 1.94. The highest BCUT2D eigenvalue weighted by Crippen LogP contribution is 2.38. The van der Waals surface area contributed by atoms with E-state index in [-0.39, 0.29) is 11.8 Å². The fraction of sp³-hybridized carbons (Fsp3) is 0.588. The summed E-state index contributed by atoms with van der Waals surface area (Å²) < 4.78 is 0. The molecular weight excluding hydrogens is 280 g/mol. The summed E-state index contributed by atoms with van der Waals surface area (Å²) in [5.74, 6) is 0.282. The Bertz CT molecular complexity index is 479. The molecule has 1 unspecified atom stereocenters. The SMILES string of the molecule is O=C(Nc1ccccc1SC1CCCC1)C1CCCNC1. The van der Waals surface area contributed by atoms with E-state index in [1.54, 1.807) is 0 Å². The first-order valence-corrected chi connectivity index (χ1v) is 8.98. The maximum atomic E-state index is 12.4. The molecular formula is C17H24N2OS. The summed E-state index contributed by atoms with van der Waals surface area (Å²) in [5, 5.41) is 7.18. The molecule has 0 spiro atoms. The second-order valence-corrected chi connectivity index (χ2v) is 7.40. The van der Waals surface area contributed by atoms with Crippen molar-refractivity contribution in [3.8, 4) is 0 Å². The van der Waals surface area contributed by atoms with Gasteiger partial charge in [0, 0.05) is 16.7 Å². The first-order chi connectivity index (χ1) is 10.3. The molecule has 1 saturated carbocycles. The average molecular weight is 304 g/mol. The highest BCUT2D eigenvalue weighted by molar-refractivity contribution is 8.00. The number of thioether (sulfide) groups is 1. The Labute approximate surface area is 131 Å². The van der Waals surface area contributed by atoms with Crippen molar-refractivity contribution < 1.29 is 4.79 Å². The van der Waals surface area contributed by atoms with Gasteiger partial charge in [0.15, 0.2) is 0 Å². The van der Waals surface area contributed by atoms with Crippen molar-refractivity contribution in [2.24, 2.45) is 5.92 Å². The molecule has 0 radical (unpaired) electrons. The third kappa shape index (κ3) is 4.01. The number of carbonyl (C=O) groups excluding carboxylic acids is 1. The monoisotopic (exact) mass is 304 g/mol. The van der Waals surface area contributed by atoms with Crippen molar-refractivity contribution in [2.75, 3.05) is 18.4 Å². The van der Waals surface area contributed by atoms with Gasteiger partial charge in [-0.1, -0.05) is 25.0 Å². The predicted molar refractivity (Wildman–Crippen MR) is 88.8 cm³/mol. The van der Waals surface area contributed by atoms with Crippen molar-refractivity contribution in [3.63, 3.8) is 0 Å². The number of hydrogen-bond acceptors (Lipinski definition) is 3. The normalized spacial score (nSPS) is 23.1. The van der Waals surface area contributed by atoms with Gasteiger partial charge in [-0.15, -0.1) is 11.8 Å². The zero-order valence-electron chi connectivity index (χ0n) is 12.4. The van der Waals surface area contributed by atoms with E-state index in [0.29, 0.717) is 0 Å². The molecule has 1 heterocycles. The van der Waals surface area contributed by atoms with Gasteiger partial charge in [0.1, 0.15) is 0 Å². The summed E-state index contributed by atoms with van der Waals surface area (Å²) in [6.07, 6.45) is 7.40. The van der Waals surface area contributed by atoms with Crippen LogP contribution in [0.15, 0.2) is 29.2 Å². The second-order valence-electron chi connectivity index (χ2n) is 6.05. The van der Waals surface area contributed by atoms with E-state index in [9.17, 15) is 4.79 Å². The van der Waals surface area contributed by atoms with Crippen LogP contribution in [0.25, 0.3) is 0 Å². The van der Waals surface area contributed by atoms with Gasteiger partial charge in [0.05, 0.1) is 11.6 Å². The Morgan fingerprint density at radius 1 is 1.14 bits per heavy atom. The number of anilines is 1. The molecule has 2 aliphatic rings. The number of carbonyl (C=O) groups is 1. The van der Waals surface area contributed by atoms with Crippen molar-refractivity contribution >= 4 is 23.4 Å². The molecule has 0 aromatic heterocycles. The summed E-state index contributed by atoms with van der Waals surface area (Å²) in [6, 6.07) is 8.24. The van der Waals surface area contributed by atoms with Crippen LogP contribution in [0.3, 0.4) is 0 Å². The number of para-hydroxylation sites is 1. The Balaban J connectivity index is 1.65. The van der Waals surface area contributed by atoms with Crippen LogP contribution in [0.1, 0.15) is 38.5 Å². The van der Waals surface area contributed by atoms with Crippen LogP contribution in [-0.2, 0) is 4.79 Å². The van der Waals surface area contributed by atoms with Crippen molar-refractivity contribution in [3.05, 3.63) is 24.3 Å². The van der Waals surface area contributed by atoms with Crippen LogP contribution in [0, 0.1) is 5.92 Å². The topological polar surface area (TPSA) is 41.1 Å². The van der Waals surface area contributed by atoms with E-state index >= 15 is 0 Å². The van der Waals surface area contributed by atoms with Gasteiger partial charge >= 0.3 is 0 Å². The maximum absolute atomic E-state index is 12.4. The third-order valence-corrected chi connectivity index (χ3v) is 5.82. The summed E-state index contributed by atoms with van der Waals surface area (Å²) in [7, 11) is 0. The zero-order chi connectivity index (χ0) is 14.5. The van der Waals surface area contributed by atoms with Gasteiger partial charge in [-0.25, -0.2) is 0 Å². The van der Waals surface area contributed by atoms with Gasteiger partial charge in [-0.05, 0) is 44.4 Å². The van der Waals surface area contributed by atoms with Crippen LogP contribution in [0.4, 0.5) is 5.69 Å². The Hall–Kier alpha value is -1.00. The lowest BCUT2D eigenvalue weighted by Gasteiger charge is -2.22. The highest BCUT2D eigenvalue weighted by Gasteiger charge is 2.22. The number of nitrogens with one attached hydrogen (secondary N) is 2. The van der Waals surface area contributed by atoms with E-state index in [1.807, 2.05) is 23.9 Å². The Kier molecular flexibility index (Phi) is 5.20. The standard InChI is InChI=1S/C17H24N2OS/c20-17(13-6-5-11-18-12-13)19-15-9-3-4-10-16(15)21-14-7-1-2-8-14/h3-4,9-10,13-14,18H,1-2,5-8,11-12H2,(H,19,20). The van der Waals surface area contributed by atoms with E-state index in [2.05, 4.69) is 22.8 Å². The highest BCUT2D eigenvalue weighted by atomic mass is 32.2. The van der Waals surface area contributed by atoms with Gasteiger partial charge < -0.3 is 10.6 Å². The van der Waals surface area contributed by atoms with E-state index in [1.165, 1.54) is 30.6 Å². The summed E-state index contributed by atoms with van der Waals surface area (Å²) in [6.45, 7) is 1.85. The lowest BCUT2D eigenvalue weighted by molar-refractivity contribution is -0.120. The lowest BCUT2D eigenvalue weighted by Crippen LogP contribution is -2.37. The molecule has 1 atom stereocenters. The fourth-order valence-electron chi connectivity index (χ4n) is 3.17. The minimum atomic E-state index is 0.114. The largest absolute Gasteiger partial charge is 0.325 e. The van der Waals surface area contributed by atoms with E-state index in [4.69, 9.17) is 0 Å². The maximum Gasteiger partial charge on any atom is 0.228 e. The van der Waals surface area contributed by atoms with Gasteiger partial charge in [0.2, 0.25) is 5.91 Å². The molecule has 0 bridgehead atoms. The first-order valence-electron chi connectivity index (χ1n) is 8.10. The number of hydrogen-bond donors (Lipinski definition) is 2. The molecule has 1 amide bonds. The molecule has 1 aromatic rings. The van der Waals surface area contributed by atoms with Gasteiger partial charge in [0.25, 0.3) is 0 Å². The lowest BCUT2D eigenvalue weighted by atomic mass is 9.99. The van der Waals surface area contributed by atoms with Crippen LogP contribution in [-0.4, -0.2) is 24.2 Å². The third-order valence-electron chi connectivity index (χ3n) is 4.41. The van der Waals surface area contributed by atoms with Crippen LogP contribution in [0.2, 0.25) is 0 Å². The number of rotatable bonds is 4. The molecule has 4 heteroatoms. The molecule has 114 valence electrons. The average Bonchev–Trinajstić information content (AvgIpc) is 3.03. The molecule has 3 nitrogen and oxygen atoms in total. The second kappa shape index (κ2) is 7.32. The van der Waals surface area contributed by atoms with Crippen molar-refractivity contribution in [1.82, 2.24) is 5.32 Å². The molecule has 1 aliphatic carbocycles. The molecule has 1 aliphatic heterocycles. The Morgan fingerprint density at radius 3 is 2.71 bits per heavy atom. The number of amides is 1. The number of piperidine rings is 1. The van der Waals surface area contributed by atoms with Crippen LogP contribution < -0.4 is 10.6 Å². The molecule has 3 rings (SSSR count). The fourth-order valence-corrected chi connectivity index (χ4v) is 4.50. The Morgan fingerprint density at radius 2 is 1.95 bits per heavy atom. The van der Waals surface area contributed by atoms with Gasteiger partial charge in [-0.3, -0.25) is 4.79 Å². The van der Waals surface area contributed by atoms with Crippen LogP contribution in [0.5, 0.6) is 0 Å². The number of benzene rings is 1. The molecule has 2 fully saturated rings. The van der Waals surface area contributed by atoms with Crippen molar-refractivity contribution in [1.29, 1.82) is 0 Å². The molecule has 21 heavy (non-hydrogen) atoms. The van der Waals surface area contributed by atoms with E-state index < -0.39 is 0 Å². The van der Waals surface area contributed by atoms with Gasteiger partial charge in [-0.2, -0.15) is 0 Å². The molecule has 1 saturated heterocycles.